The van der Waals surface area contributed by atoms with Gasteiger partial charge in [0.25, 0.3) is 0 Å². The van der Waals surface area contributed by atoms with Crippen LogP contribution in [-0.4, -0.2) is 169 Å². The van der Waals surface area contributed by atoms with Crippen LogP contribution in [0.2, 0.25) is 0 Å². The molecule has 0 bridgehead atoms. The average Bonchev–Trinajstić information content (AvgIpc) is 3.09. The number of rotatable bonds is 12. The Labute approximate surface area is 271 Å². The molecule has 0 radical (unpaired) electrons. The number of hydrogen-bond acceptors (Lipinski definition) is 11. The molecule has 6 rings (SSSR count). The minimum absolute atomic E-state index is 0.865. The lowest BCUT2D eigenvalue weighted by Crippen LogP contribution is -2.51. The molecule has 2 aromatic rings. The van der Waals surface area contributed by atoms with Gasteiger partial charge in [-0.15, -0.1) is 0 Å². The molecule has 0 spiro atoms. The molecule has 4 aliphatic rings. The first-order valence-corrected chi connectivity index (χ1v) is 17.7. The summed E-state index contributed by atoms with van der Waals surface area (Å²) in [4.78, 5) is 36.2. The van der Waals surface area contributed by atoms with Gasteiger partial charge in [-0.05, 0) is 69.7 Å². The molecule has 0 N–H and O–H groups in total. The molecule has 0 unspecified atom stereocenters. The van der Waals surface area contributed by atoms with Gasteiger partial charge in [0.15, 0.2) is 0 Å². The van der Waals surface area contributed by atoms with Crippen molar-refractivity contribution in [3.8, 4) is 0 Å². The summed E-state index contributed by atoms with van der Waals surface area (Å²) in [7, 11) is 2.24. The molecule has 4 aliphatic heterocycles. The molecule has 4 saturated heterocycles. The predicted octanol–water partition coefficient (Wildman–Crippen LogP) is 1.80. The first-order valence-electron chi connectivity index (χ1n) is 17.7. The van der Waals surface area contributed by atoms with Gasteiger partial charge in [-0.2, -0.15) is 0 Å². The molecule has 45 heavy (non-hydrogen) atoms. The van der Waals surface area contributed by atoms with Gasteiger partial charge in [-0.1, -0.05) is 0 Å². The Morgan fingerprint density at radius 2 is 1.02 bits per heavy atom. The van der Waals surface area contributed by atoms with Crippen LogP contribution in [-0.2, 0) is 6.42 Å². The van der Waals surface area contributed by atoms with Crippen molar-refractivity contribution in [2.24, 2.45) is 5.92 Å². The summed E-state index contributed by atoms with van der Waals surface area (Å²) in [5.74, 6) is 2.66. The predicted molar refractivity (Wildman–Crippen MR) is 182 cm³/mol. The molecule has 0 saturated carbocycles. The van der Waals surface area contributed by atoms with E-state index in [2.05, 4.69) is 63.7 Å². The molecule has 0 aromatic carbocycles. The minimum Gasteiger partial charge on any atom is -0.341 e. The topological polar surface area (TPSA) is 74.2 Å². The normalized spacial score (nSPS) is 22.4. The SMILES string of the molecule is Cc1cnc(N2CCN(CCN3CCN(CCc4cnc(N5CCC(CCCN6CCN(C)CC6)CC5)nc4)CC3)CC2)nc1. The van der Waals surface area contributed by atoms with Gasteiger partial charge in [-0.25, -0.2) is 19.9 Å². The highest BCUT2D eigenvalue weighted by atomic mass is 15.3. The van der Waals surface area contributed by atoms with Crippen molar-refractivity contribution < 1.29 is 0 Å². The first kappa shape index (κ1) is 32.5. The lowest BCUT2D eigenvalue weighted by molar-refractivity contribution is 0.118. The fraction of sp³-hybridized carbons (Fsp3) is 0.765. The third-order valence-corrected chi connectivity index (χ3v) is 10.6. The van der Waals surface area contributed by atoms with Crippen LogP contribution in [0.5, 0.6) is 0 Å². The maximum Gasteiger partial charge on any atom is 0.225 e. The molecule has 6 heterocycles. The van der Waals surface area contributed by atoms with Crippen molar-refractivity contribution in [2.75, 3.05) is 135 Å². The zero-order chi connectivity index (χ0) is 30.8. The average molecular weight is 620 g/mol. The van der Waals surface area contributed by atoms with E-state index in [0.717, 1.165) is 102 Å². The third kappa shape index (κ3) is 9.78. The minimum atomic E-state index is 0.865. The van der Waals surface area contributed by atoms with Crippen molar-refractivity contribution >= 4 is 11.9 Å². The third-order valence-electron chi connectivity index (χ3n) is 10.6. The van der Waals surface area contributed by atoms with Gasteiger partial charge >= 0.3 is 0 Å². The summed E-state index contributed by atoms with van der Waals surface area (Å²) in [5, 5.41) is 0. The molecule has 0 amide bonds. The molecule has 11 heteroatoms. The van der Waals surface area contributed by atoms with Gasteiger partial charge in [0, 0.05) is 136 Å². The summed E-state index contributed by atoms with van der Waals surface area (Å²) in [6.45, 7) is 22.7. The van der Waals surface area contributed by atoms with E-state index < -0.39 is 0 Å². The summed E-state index contributed by atoms with van der Waals surface area (Å²) in [5.41, 5.74) is 2.37. The zero-order valence-corrected chi connectivity index (χ0v) is 28.1. The second-order valence-electron chi connectivity index (χ2n) is 13.9. The van der Waals surface area contributed by atoms with Crippen LogP contribution in [0.1, 0.15) is 36.8 Å². The van der Waals surface area contributed by atoms with E-state index in [1.807, 2.05) is 19.3 Å². The fourth-order valence-corrected chi connectivity index (χ4v) is 7.26. The number of likely N-dealkylation sites (N-methyl/N-ethyl adjacent to an activating group) is 1. The Balaban J connectivity index is 0.813. The second kappa shape index (κ2) is 16.4. The maximum atomic E-state index is 4.79. The highest BCUT2D eigenvalue weighted by Gasteiger charge is 2.23. The van der Waals surface area contributed by atoms with Crippen molar-refractivity contribution in [3.05, 3.63) is 35.9 Å². The monoisotopic (exact) mass is 619 g/mol. The number of hydrogen-bond donors (Lipinski definition) is 0. The van der Waals surface area contributed by atoms with Crippen molar-refractivity contribution in [1.29, 1.82) is 0 Å². The van der Waals surface area contributed by atoms with Crippen LogP contribution in [0.3, 0.4) is 0 Å². The maximum absolute atomic E-state index is 4.79. The highest BCUT2D eigenvalue weighted by molar-refractivity contribution is 5.31. The molecule has 248 valence electrons. The molecular formula is C34H57N11. The fourth-order valence-electron chi connectivity index (χ4n) is 7.26. The summed E-state index contributed by atoms with van der Waals surface area (Å²) in [6.07, 6.45) is 14.3. The smallest absolute Gasteiger partial charge is 0.225 e. The summed E-state index contributed by atoms with van der Waals surface area (Å²) >= 11 is 0. The number of nitrogens with zero attached hydrogens (tertiary/aromatic N) is 11. The Morgan fingerprint density at radius 3 is 1.62 bits per heavy atom. The van der Waals surface area contributed by atoms with E-state index >= 15 is 0 Å². The molecule has 2 aromatic heterocycles. The number of piperidine rings is 1. The molecular weight excluding hydrogens is 562 g/mol. The summed E-state index contributed by atoms with van der Waals surface area (Å²) < 4.78 is 0. The molecule has 0 atom stereocenters. The second-order valence-corrected chi connectivity index (χ2v) is 13.9. The van der Waals surface area contributed by atoms with E-state index in [-0.39, 0.29) is 0 Å². The van der Waals surface area contributed by atoms with Crippen molar-refractivity contribution in [2.45, 2.75) is 39.0 Å². The molecule has 4 fully saturated rings. The number of aromatic nitrogens is 4. The van der Waals surface area contributed by atoms with Gasteiger partial charge in [0.2, 0.25) is 11.9 Å². The van der Waals surface area contributed by atoms with Gasteiger partial charge < -0.3 is 24.5 Å². The zero-order valence-electron chi connectivity index (χ0n) is 28.1. The van der Waals surface area contributed by atoms with E-state index in [4.69, 9.17) is 9.97 Å². The van der Waals surface area contributed by atoms with Crippen LogP contribution in [0, 0.1) is 12.8 Å². The number of aryl methyl sites for hydroxylation is 1. The van der Waals surface area contributed by atoms with E-state index in [1.54, 1.807) is 0 Å². The van der Waals surface area contributed by atoms with Crippen molar-refractivity contribution in [1.82, 2.24) is 44.4 Å². The van der Waals surface area contributed by atoms with Crippen LogP contribution >= 0.6 is 0 Å². The van der Waals surface area contributed by atoms with Crippen LogP contribution in [0.4, 0.5) is 11.9 Å². The van der Waals surface area contributed by atoms with E-state index in [0.29, 0.717) is 0 Å². The van der Waals surface area contributed by atoms with Crippen molar-refractivity contribution in [3.63, 3.8) is 0 Å². The van der Waals surface area contributed by atoms with Gasteiger partial charge in [0.05, 0.1) is 0 Å². The van der Waals surface area contributed by atoms with Gasteiger partial charge in [0.1, 0.15) is 0 Å². The quantitative estimate of drug-likeness (QED) is 0.349. The Bertz CT molecular complexity index is 1110. The first-order chi connectivity index (χ1) is 22.1. The van der Waals surface area contributed by atoms with Crippen LogP contribution < -0.4 is 9.80 Å². The van der Waals surface area contributed by atoms with Crippen LogP contribution in [0.25, 0.3) is 0 Å². The van der Waals surface area contributed by atoms with Gasteiger partial charge in [-0.3, -0.25) is 9.80 Å². The lowest BCUT2D eigenvalue weighted by Gasteiger charge is -2.38. The molecule has 11 nitrogen and oxygen atoms in total. The number of piperazine rings is 3. The van der Waals surface area contributed by atoms with E-state index in [1.165, 1.54) is 77.1 Å². The number of anilines is 2. The van der Waals surface area contributed by atoms with Crippen LogP contribution in [0.15, 0.2) is 24.8 Å². The van der Waals surface area contributed by atoms with E-state index in [9.17, 15) is 0 Å². The molecule has 0 aliphatic carbocycles. The summed E-state index contributed by atoms with van der Waals surface area (Å²) in [6, 6.07) is 0. The Kier molecular flexibility index (Phi) is 11.8. The largest absolute Gasteiger partial charge is 0.341 e. The Morgan fingerprint density at radius 1 is 0.556 bits per heavy atom. The Hall–Kier alpha value is -2.44. The lowest BCUT2D eigenvalue weighted by atomic mass is 9.92. The standard InChI is InChI=1S/C34H57N11/c1-30-26-35-33(36-27-30)45-24-22-43(23-25-45)21-20-42-18-16-41(17-19-42)9-5-32-28-37-34(38-29-32)44-10-6-31(7-11-44)4-3-8-40-14-12-39(2)13-15-40/h26-29,31H,3-25H2,1-2H3. The highest BCUT2D eigenvalue weighted by Crippen LogP contribution is 2.24.